The molecule has 0 amide bonds. The van der Waals surface area contributed by atoms with Crippen molar-refractivity contribution in [2.45, 2.75) is 13.5 Å². The second kappa shape index (κ2) is 6.15. The minimum absolute atomic E-state index is 0.0768. The zero-order valence-electron chi connectivity index (χ0n) is 10.6. The van der Waals surface area contributed by atoms with Crippen molar-refractivity contribution in [3.63, 3.8) is 0 Å². The molecule has 1 aromatic heterocycles. The molecule has 0 bridgehead atoms. The van der Waals surface area contributed by atoms with Gasteiger partial charge >= 0.3 is 0 Å². The van der Waals surface area contributed by atoms with Gasteiger partial charge in [0.15, 0.2) is 5.82 Å². The second-order valence-electron chi connectivity index (χ2n) is 3.80. The summed E-state index contributed by atoms with van der Waals surface area (Å²) in [6.45, 7) is 2.60. The fourth-order valence-electron chi connectivity index (χ4n) is 1.57. The standard InChI is InChI=1S/C14H15FN2O2/c1-2-18-11-3-5-12(6-4-11)19-14-13(15)10(9-16)7-8-17-14/h3-8H,2,9,16H2,1H3. The number of hydrogen-bond acceptors (Lipinski definition) is 4. The van der Waals surface area contributed by atoms with Crippen LogP contribution in [0.25, 0.3) is 0 Å². The first-order valence-corrected chi connectivity index (χ1v) is 5.98. The number of pyridine rings is 1. The number of halogens is 1. The summed E-state index contributed by atoms with van der Waals surface area (Å²) in [5.41, 5.74) is 5.80. The van der Waals surface area contributed by atoms with Crippen LogP contribution in [0.2, 0.25) is 0 Å². The molecule has 0 saturated heterocycles. The van der Waals surface area contributed by atoms with Crippen LogP contribution >= 0.6 is 0 Å². The molecule has 5 heteroatoms. The predicted octanol–water partition coefficient (Wildman–Crippen LogP) is 2.87. The Hall–Kier alpha value is -2.14. The van der Waals surface area contributed by atoms with E-state index in [1.165, 1.54) is 12.3 Å². The molecule has 0 aliphatic rings. The van der Waals surface area contributed by atoms with Crippen LogP contribution < -0.4 is 15.2 Å². The van der Waals surface area contributed by atoms with E-state index in [0.717, 1.165) is 5.75 Å². The highest BCUT2D eigenvalue weighted by molar-refractivity contribution is 5.34. The fourth-order valence-corrected chi connectivity index (χ4v) is 1.57. The molecule has 0 atom stereocenters. The van der Waals surface area contributed by atoms with Gasteiger partial charge in [0, 0.05) is 18.3 Å². The first-order chi connectivity index (χ1) is 9.24. The van der Waals surface area contributed by atoms with Crippen LogP contribution in [0.1, 0.15) is 12.5 Å². The highest BCUT2D eigenvalue weighted by Gasteiger charge is 2.10. The third kappa shape index (κ3) is 3.20. The molecule has 0 aliphatic carbocycles. The number of benzene rings is 1. The van der Waals surface area contributed by atoms with E-state index < -0.39 is 5.82 Å². The molecule has 0 fully saturated rings. The Balaban J connectivity index is 2.16. The lowest BCUT2D eigenvalue weighted by Gasteiger charge is -2.08. The maximum atomic E-state index is 13.9. The van der Waals surface area contributed by atoms with Gasteiger partial charge in [-0.05, 0) is 37.3 Å². The lowest BCUT2D eigenvalue weighted by Crippen LogP contribution is -2.02. The molecule has 2 aromatic rings. The van der Waals surface area contributed by atoms with Crippen molar-refractivity contribution in [2.75, 3.05) is 6.61 Å². The average molecular weight is 262 g/mol. The van der Waals surface area contributed by atoms with E-state index in [-0.39, 0.29) is 12.4 Å². The molecule has 0 unspecified atom stereocenters. The summed E-state index contributed by atoms with van der Waals surface area (Å²) in [6.07, 6.45) is 1.47. The van der Waals surface area contributed by atoms with Crippen molar-refractivity contribution in [3.8, 4) is 17.4 Å². The second-order valence-corrected chi connectivity index (χ2v) is 3.80. The smallest absolute Gasteiger partial charge is 0.256 e. The van der Waals surface area contributed by atoms with Gasteiger partial charge in [-0.1, -0.05) is 0 Å². The van der Waals surface area contributed by atoms with Crippen molar-refractivity contribution in [2.24, 2.45) is 5.73 Å². The Bertz CT molecular complexity index is 544. The van der Waals surface area contributed by atoms with E-state index in [9.17, 15) is 4.39 Å². The SMILES string of the molecule is CCOc1ccc(Oc2nccc(CN)c2F)cc1. The average Bonchev–Trinajstić information content (AvgIpc) is 2.43. The van der Waals surface area contributed by atoms with E-state index in [4.69, 9.17) is 15.2 Å². The van der Waals surface area contributed by atoms with Crippen LogP contribution in [-0.4, -0.2) is 11.6 Å². The maximum Gasteiger partial charge on any atom is 0.256 e. The predicted molar refractivity (Wildman–Crippen MR) is 69.8 cm³/mol. The van der Waals surface area contributed by atoms with E-state index >= 15 is 0 Å². The topological polar surface area (TPSA) is 57.4 Å². The highest BCUT2D eigenvalue weighted by Crippen LogP contribution is 2.25. The van der Waals surface area contributed by atoms with Crippen molar-refractivity contribution in [1.29, 1.82) is 0 Å². The molecule has 0 saturated carbocycles. The summed E-state index contributed by atoms with van der Waals surface area (Å²) in [7, 11) is 0. The number of nitrogens with zero attached hydrogens (tertiary/aromatic N) is 1. The first kappa shape index (κ1) is 13.3. The van der Waals surface area contributed by atoms with Gasteiger partial charge in [-0.25, -0.2) is 9.37 Å². The zero-order valence-corrected chi connectivity index (χ0v) is 10.6. The molecular weight excluding hydrogens is 247 g/mol. The summed E-state index contributed by atoms with van der Waals surface area (Å²) >= 11 is 0. The molecule has 100 valence electrons. The van der Waals surface area contributed by atoms with Gasteiger partial charge in [0.25, 0.3) is 5.88 Å². The van der Waals surface area contributed by atoms with Crippen molar-refractivity contribution >= 4 is 0 Å². The Labute approximate surface area is 111 Å². The summed E-state index contributed by atoms with van der Waals surface area (Å²) in [6, 6.07) is 8.43. The van der Waals surface area contributed by atoms with Gasteiger partial charge in [0.2, 0.25) is 0 Å². The van der Waals surface area contributed by atoms with Crippen LogP contribution in [0.15, 0.2) is 36.5 Å². The van der Waals surface area contributed by atoms with Crippen molar-refractivity contribution in [1.82, 2.24) is 4.98 Å². The molecule has 0 spiro atoms. The van der Waals surface area contributed by atoms with Gasteiger partial charge in [-0.2, -0.15) is 0 Å². The zero-order chi connectivity index (χ0) is 13.7. The molecular formula is C14H15FN2O2. The minimum atomic E-state index is -0.529. The molecule has 4 nitrogen and oxygen atoms in total. The Kier molecular flexibility index (Phi) is 4.30. The first-order valence-electron chi connectivity index (χ1n) is 5.98. The van der Waals surface area contributed by atoms with Crippen LogP contribution in [0.3, 0.4) is 0 Å². The van der Waals surface area contributed by atoms with E-state index in [0.29, 0.717) is 17.9 Å². The molecule has 2 N–H and O–H groups in total. The van der Waals surface area contributed by atoms with E-state index in [1.807, 2.05) is 6.92 Å². The minimum Gasteiger partial charge on any atom is -0.494 e. The number of nitrogens with two attached hydrogens (primary N) is 1. The highest BCUT2D eigenvalue weighted by atomic mass is 19.1. The summed E-state index contributed by atoms with van der Waals surface area (Å²) in [5.74, 6) is 0.619. The van der Waals surface area contributed by atoms with Gasteiger partial charge in [-0.15, -0.1) is 0 Å². The van der Waals surface area contributed by atoms with Gasteiger partial charge in [0.1, 0.15) is 11.5 Å². The Morgan fingerprint density at radius 3 is 2.47 bits per heavy atom. The summed E-state index contributed by atoms with van der Waals surface area (Å²) in [5, 5.41) is 0. The third-order valence-electron chi connectivity index (χ3n) is 2.51. The molecule has 2 rings (SSSR count). The number of rotatable bonds is 5. The largest absolute Gasteiger partial charge is 0.494 e. The van der Waals surface area contributed by atoms with Crippen LogP contribution in [0.4, 0.5) is 4.39 Å². The van der Waals surface area contributed by atoms with Crippen molar-refractivity contribution in [3.05, 3.63) is 47.9 Å². The molecule has 0 radical (unpaired) electrons. The fraction of sp³-hybridized carbons (Fsp3) is 0.214. The quantitative estimate of drug-likeness (QED) is 0.900. The number of hydrogen-bond donors (Lipinski definition) is 1. The molecule has 19 heavy (non-hydrogen) atoms. The molecule has 1 heterocycles. The number of ether oxygens (including phenoxy) is 2. The lowest BCUT2D eigenvalue weighted by molar-refractivity contribution is 0.339. The number of aromatic nitrogens is 1. The monoisotopic (exact) mass is 262 g/mol. The van der Waals surface area contributed by atoms with E-state index in [2.05, 4.69) is 4.98 Å². The van der Waals surface area contributed by atoms with Gasteiger partial charge in [0.05, 0.1) is 6.61 Å². The van der Waals surface area contributed by atoms with Gasteiger partial charge < -0.3 is 15.2 Å². The Morgan fingerprint density at radius 1 is 1.16 bits per heavy atom. The molecule has 0 aliphatic heterocycles. The lowest BCUT2D eigenvalue weighted by atomic mass is 10.2. The molecule has 1 aromatic carbocycles. The summed E-state index contributed by atoms with van der Waals surface area (Å²) in [4.78, 5) is 3.86. The van der Waals surface area contributed by atoms with Crippen molar-refractivity contribution < 1.29 is 13.9 Å². The van der Waals surface area contributed by atoms with Crippen LogP contribution in [-0.2, 0) is 6.54 Å². The third-order valence-corrected chi connectivity index (χ3v) is 2.51. The normalized spacial score (nSPS) is 10.3. The Morgan fingerprint density at radius 2 is 1.84 bits per heavy atom. The maximum absolute atomic E-state index is 13.9. The van der Waals surface area contributed by atoms with Gasteiger partial charge in [-0.3, -0.25) is 0 Å². The van der Waals surface area contributed by atoms with Crippen LogP contribution in [0, 0.1) is 5.82 Å². The summed E-state index contributed by atoms with van der Waals surface area (Å²) < 4.78 is 24.6. The van der Waals surface area contributed by atoms with E-state index in [1.54, 1.807) is 24.3 Å². The van der Waals surface area contributed by atoms with Crippen LogP contribution in [0.5, 0.6) is 17.4 Å².